The summed E-state index contributed by atoms with van der Waals surface area (Å²) in [6.07, 6.45) is 13.8. The topological polar surface area (TPSA) is 68.6 Å². The normalized spacial score (nSPS) is 11.6. The molecular weight excluding hydrogens is 440 g/mol. The average Bonchev–Trinajstić information content (AvgIpc) is 3.31. The van der Waals surface area contributed by atoms with Crippen molar-refractivity contribution >= 4 is 35.4 Å². The number of benzene rings is 2. The predicted molar refractivity (Wildman–Crippen MR) is 139 cm³/mol. The molecule has 0 aliphatic carbocycles. The third-order valence-corrected chi connectivity index (χ3v) is 5.56. The number of unbranched alkanes of at least 4 members (excludes halogenated alkanes) is 1. The predicted octanol–water partition coefficient (Wildman–Crippen LogP) is 5.64. The Morgan fingerprint density at radius 3 is 2.46 bits per heavy atom. The van der Waals surface area contributed by atoms with E-state index in [4.69, 9.17) is 19.0 Å². The molecule has 6 nitrogen and oxygen atoms in total. The largest absolute Gasteiger partial charge is 0.496 e. The van der Waals surface area contributed by atoms with Crippen LogP contribution in [0.3, 0.4) is 0 Å². The number of nitrogens with zero attached hydrogens (tertiary/aromatic N) is 2. The first-order valence-electron chi connectivity index (χ1n) is 11.9. The molecular formula is C29H31N2O4+. The van der Waals surface area contributed by atoms with Crippen molar-refractivity contribution in [1.82, 2.24) is 4.98 Å². The molecule has 0 amide bonds. The minimum Gasteiger partial charge on any atom is -0.496 e. The van der Waals surface area contributed by atoms with Gasteiger partial charge in [0.15, 0.2) is 24.5 Å². The zero-order valence-corrected chi connectivity index (χ0v) is 20.2. The van der Waals surface area contributed by atoms with Gasteiger partial charge in [0.25, 0.3) is 0 Å². The highest BCUT2D eigenvalue weighted by Gasteiger charge is 2.10. The first-order chi connectivity index (χ1) is 17.2. The van der Waals surface area contributed by atoms with Crippen molar-refractivity contribution in [2.24, 2.45) is 0 Å². The number of para-hydroxylation sites is 2. The standard InChI is InChI=1S/C29H31N2O4/c1-3-4-19-34-28-21-23(11-12-29-30-25-7-5-6-8-26(25)35-29)27(33-2)20-24(28)10-9-22-13-15-31(16-14-22)17-18-32/h5-16,20-21,32H,3-4,17-19H2,1-2H3/q+1/b10-9+,12-11+. The van der Waals surface area contributed by atoms with Gasteiger partial charge in [0.2, 0.25) is 5.89 Å². The van der Waals surface area contributed by atoms with Crippen molar-refractivity contribution in [3.63, 3.8) is 0 Å². The molecule has 0 atom stereocenters. The van der Waals surface area contributed by atoms with E-state index in [-0.39, 0.29) is 6.61 Å². The third kappa shape index (κ3) is 6.37. The van der Waals surface area contributed by atoms with Gasteiger partial charge in [-0.25, -0.2) is 9.55 Å². The van der Waals surface area contributed by atoms with Crippen LogP contribution in [0.2, 0.25) is 0 Å². The molecule has 0 saturated heterocycles. The first-order valence-corrected chi connectivity index (χ1v) is 11.9. The van der Waals surface area contributed by atoms with E-state index in [0.717, 1.165) is 52.1 Å². The lowest BCUT2D eigenvalue weighted by atomic mass is 10.1. The number of hydrogen-bond donors (Lipinski definition) is 1. The molecule has 0 spiro atoms. The number of aliphatic hydroxyl groups is 1. The Bertz CT molecular complexity index is 1270. The van der Waals surface area contributed by atoms with E-state index >= 15 is 0 Å². The van der Waals surface area contributed by atoms with Crippen molar-refractivity contribution in [3.8, 4) is 11.5 Å². The summed E-state index contributed by atoms with van der Waals surface area (Å²) in [4.78, 5) is 4.51. The SMILES string of the molecule is CCCCOc1cc(/C=C/c2nc3ccccc3o2)c(OC)cc1/C=C/c1cc[n+](CCO)cc1. The van der Waals surface area contributed by atoms with Crippen LogP contribution in [-0.2, 0) is 6.54 Å². The van der Waals surface area contributed by atoms with Crippen molar-refractivity contribution in [1.29, 1.82) is 0 Å². The Balaban J connectivity index is 1.62. The maximum absolute atomic E-state index is 9.09. The minimum absolute atomic E-state index is 0.116. The van der Waals surface area contributed by atoms with Gasteiger partial charge in [-0.1, -0.05) is 37.6 Å². The molecule has 180 valence electrons. The van der Waals surface area contributed by atoms with Crippen LogP contribution >= 0.6 is 0 Å². The molecule has 0 aliphatic rings. The fourth-order valence-corrected chi connectivity index (χ4v) is 3.63. The number of fused-ring (bicyclic) bond motifs is 1. The Morgan fingerprint density at radius 1 is 0.971 bits per heavy atom. The second kappa shape index (κ2) is 12.0. The van der Waals surface area contributed by atoms with Gasteiger partial charge in [0.05, 0.1) is 13.7 Å². The molecule has 4 rings (SSSR count). The van der Waals surface area contributed by atoms with Gasteiger partial charge >= 0.3 is 0 Å². The first kappa shape index (κ1) is 24.2. The van der Waals surface area contributed by atoms with Crippen LogP contribution < -0.4 is 14.0 Å². The van der Waals surface area contributed by atoms with E-state index in [2.05, 4.69) is 11.9 Å². The van der Waals surface area contributed by atoms with Gasteiger partial charge in [0, 0.05) is 29.3 Å². The van der Waals surface area contributed by atoms with E-state index in [1.165, 1.54) is 0 Å². The van der Waals surface area contributed by atoms with Crippen LogP contribution in [0, 0.1) is 0 Å². The second-order valence-corrected chi connectivity index (χ2v) is 8.11. The fourth-order valence-electron chi connectivity index (χ4n) is 3.63. The molecule has 0 aliphatic heterocycles. The number of pyridine rings is 1. The highest BCUT2D eigenvalue weighted by atomic mass is 16.5. The summed E-state index contributed by atoms with van der Waals surface area (Å²) in [6, 6.07) is 15.7. The van der Waals surface area contributed by atoms with Crippen molar-refractivity contribution < 1.29 is 23.6 Å². The van der Waals surface area contributed by atoms with Gasteiger partial charge < -0.3 is 19.0 Å². The molecule has 0 radical (unpaired) electrons. The summed E-state index contributed by atoms with van der Waals surface area (Å²) < 4.78 is 19.6. The summed E-state index contributed by atoms with van der Waals surface area (Å²) in [5.74, 6) is 2.06. The Hall–Kier alpha value is -3.90. The summed E-state index contributed by atoms with van der Waals surface area (Å²) in [5, 5.41) is 9.09. The van der Waals surface area contributed by atoms with E-state index in [1.807, 2.05) is 89.8 Å². The quantitative estimate of drug-likeness (QED) is 0.227. The van der Waals surface area contributed by atoms with Gasteiger partial charge in [-0.3, -0.25) is 0 Å². The van der Waals surface area contributed by atoms with Crippen LogP contribution in [0.5, 0.6) is 11.5 Å². The molecule has 1 N–H and O–H groups in total. The van der Waals surface area contributed by atoms with Gasteiger partial charge in [-0.05, 0) is 42.3 Å². The summed E-state index contributed by atoms with van der Waals surface area (Å²) in [6.45, 7) is 3.48. The lowest BCUT2D eigenvalue weighted by molar-refractivity contribution is -0.698. The summed E-state index contributed by atoms with van der Waals surface area (Å²) >= 11 is 0. The van der Waals surface area contributed by atoms with E-state index in [9.17, 15) is 0 Å². The van der Waals surface area contributed by atoms with Crippen LogP contribution in [0.15, 0.2) is 65.3 Å². The van der Waals surface area contributed by atoms with Crippen molar-refractivity contribution in [2.45, 2.75) is 26.3 Å². The van der Waals surface area contributed by atoms with Crippen molar-refractivity contribution in [2.75, 3.05) is 20.3 Å². The van der Waals surface area contributed by atoms with Crippen LogP contribution in [0.25, 0.3) is 35.4 Å². The van der Waals surface area contributed by atoms with Crippen LogP contribution in [0.1, 0.15) is 42.3 Å². The Kier molecular flexibility index (Phi) is 8.30. The molecule has 2 heterocycles. The van der Waals surface area contributed by atoms with Crippen LogP contribution in [0.4, 0.5) is 0 Å². The maximum atomic E-state index is 9.09. The number of ether oxygens (including phenoxy) is 2. The molecule has 6 heteroatoms. The molecule has 0 bridgehead atoms. The molecule has 0 saturated carbocycles. The lowest BCUT2D eigenvalue weighted by Crippen LogP contribution is -2.34. The molecule has 4 aromatic rings. The van der Waals surface area contributed by atoms with E-state index < -0.39 is 0 Å². The average molecular weight is 472 g/mol. The number of aromatic nitrogens is 2. The van der Waals surface area contributed by atoms with E-state index in [1.54, 1.807) is 7.11 Å². The molecule has 2 aromatic carbocycles. The van der Waals surface area contributed by atoms with Gasteiger partial charge in [0.1, 0.15) is 23.6 Å². The highest BCUT2D eigenvalue weighted by molar-refractivity contribution is 5.79. The lowest BCUT2D eigenvalue weighted by Gasteiger charge is -2.13. The summed E-state index contributed by atoms with van der Waals surface area (Å²) in [7, 11) is 1.66. The number of aliphatic hydroxyl groups excluding tert-OH is 1. The zero-order chi connectivity index (χ0) is 24.5. The number of oxazole rings is 1. The summed E-state index contributed by atoms with van der Waals surface area (Å²) in [5.41, 5.74) is 4.45. The second-order valence-electron chi connectivity index (χ2n) is 8.11. The number of methoxy groups -OCH3 is 1. The Labute approximate surface area is 205 Å². The van der Waals surface area contributed by atoms with Crippen LogP contribution in [-0.4, -0.2) is 30.4 Å². The van der Waals surface area contributed by atoms with E-state index in [0.29, 0.717) is 19.0 Å². The fraction of sp³-hybridized carbons (Fsp3) is 0.241. The zero-order valence-electron chi connectivity index (χ0n) is 20.2. The number of rotatable bonds is 11. The molecule has 35 heavy (non-hydrogen) atoms. The van der Waals surface area contributed by atoms with Gasteiger partial charge in [-0.2, -0.15) is 0 Å². The smallest absolute Gasteiger partial charge is 0.220 e. The molecule has 0 unspecified atom stereocenters. The maximum Gasteiger partial charge on any atom is 0.220 e. The number of hydrogen-bond acceptors (Lipinski definition) is 5. The monoisotopic (exact) mass is 471 g/mol. The minimum atomic E-state index is 0.116. The van der Waals surface area contributed by atoms with Crippen molar-refractivity contribution in [3.05, 3.63) is 83.5 Å². The molecule has 0 fully saturated rings. The highest BCUT2D eigenvalue weighted by Crippen LogP contribution is 2.32. The molecule has 2 aromatic heterocycles. The van der Waals surface area contributed by atoms with Gasteiger partial charge in [-0.15, -0.1) is 0 Å². The Morgan fingerprint density at radius 2 is 1.71 bits per heavy atom. The third-order valence-electron chi connectivity index (χ3n) is 5.56.